The van der Waals surface area contributed by atoms with Crippen LogP contribution < -0.4 is 11.1 Å². The van der Waals surface area contributed by atoms with Gasteiger partial charge in [0.2, 0.25) is 5.91 Å². The number of amides is 1. The second kappa shape index (κ2) is 5.90. The molecule has 2 aromatic rings. The second-order valence-electron chi connectivity index (χ2n) is 4.16. The van der Waals surface area contributed by atoms with Gasteiger partial charge in [-0.25, -0.2) is 9.37 Å². The lowest BCUT2D eigenvalue weighted by molar-refractivity contribution is -0.119. The van der Waals surface area contributed by atoms with Crippen LogP contribution in [0.15, 0.2) is 29.6 Å². The quantitative estimate of drug-likeness (QED) is 0.878. The van der Waals surface area contributed by atoms with Crippen LogP contribution in [-0.4, -0.2) is 16.9 Å². The third kappa shape index (κ3) is 3.59. The SMILES string of the molecule is CC(NCc1csc(-c2ccc(F)cc2)n1)C(N)=O. The van der Waals surface area contributed by atoms with Gasteiger partial charge in [0.05, 0.1) is 11.7 Å². The van der Waals surface area contributed by atoms with E-state index in [0.717, 1.165) is 16.3 Å². The molecule has 6 heteroatoms. The monoisotopic (exact) mass is 279 g/mol. The number of nitrogens with two attached hydrogens (primary N) is 1. The minimum absolute atomic E-state index is 0.266. The molecule has 1 amide bonds. The second-order valence-corrected chi connectivity index (χ2v) is 5.01. The van der Waals surface area contributed by atoms with E-state index in [9.17, 15) is 9.18 Å². The minimum Gasteiger partial charge on any atom is -0.368 e. The van der Waals surface area contributed by atoms with Gasteiger partial charge in [-0.05, 0) is 31.2 Å². The number of hydrogen-bond donors (Lipinski definition) is 2. The molecule has 0 saturated carbocycles. The molecular formula is C13H14FN3OS. The maximum atomic E-state index is 12.8. The molecule has 4 nitrogen and oxygen atoms in total. The van der Waals surface area contributed by atoms with Gasteiger partial charge >= 0.3 is 0 Å². The molecule has 2 rings (SSSR count). The van der Waals surface area contributed by atoms with Crippen LogP contribution in [0.3, 0.4) is 0 Å². The number of hydrogen-bond acceptors (Lipinski definition) is 4. The predicted octanol–water partition coefficient (Wildman–Crippen LogP) is 1.91. The van der Waals surface area contributed by atoms with Crippen molar-refractivity contribution in [3.63, 3.8) is 0 Å². The summed E-state index contributed by atoms with van der Waals surface area (Å²) in [5.41, 5.74) is 6.86. The highest BCUT2D eigenvalue weighted by atomic mass is 32.1. The van der Waals surface area contributed by atoms with Gasteiger partial charge in [0.1, 0.15) is 10.8 Å². The number of thiazole rings is 1. The van der Waals surface area contributed by atoms with E-state index in [1.54, 1.807) is 19.1 Å². The summed E-state index contributed by atoms with van der Waals surface area (Å²) >= 11 is 1.48. The molecule has 0 spiro atoms. The number of halogens is 1. The highest BCUT2D eigenvalue weighted by Crippen LogP contribution is 2.23. The van der Waals surface area contributed by atoms with E-state index in [0.29, 0.717) is 6.54 Å². The molecule has 0 radical (unpaired) electrons. The zero-order valence-electron chi connectivity index (χ0n) is 10.4. The Balaban J connectivity index is 2.03. The van der Waals surface area contributed by atoms with E-state index in [1.807, 2.05) is 5.38 Å². The number of nitrogens with one attached hydrogen (secondary N) is 1. The Hall–Kier alpha value is -1.79. The van der Waals surface area contributed by atoms with Gasteiger partial charge in [0.15, 0.2) is 0 Å². The van der Waals surface area contributed by atoms with Crippen molar-refractivity contribution in [2.45, 2.75) is 19.5 Å². The third-order valence-electron chi connectivity index (χ3n) is 2.66. The third-order valence-corrected chi connectivity index (χ3v) is 3.60. The number of aromatic nitrogens is 1. The molecule has 1 aromatic carbocycles. The van der Waals surface area contributed by atoms with Crippen molar-refractivity contribution in [1.29, 1.82) is 0 Å². The average Bonchev–Trinajstić information content (AvgIpc) is 2.85. The predicted molar refractivity (Wildman–Crippen MR) is 73.0 cm³/mol. The zero-order valence-corrected chi connectivity index (χ0v) is 11.2. The van der Waals surface area contributed by atoms with E-state index in [2.05, 4.69) is 10.3 Å². The molecule has 0 aliphatic rings. The number of nitrogens with zero attached hydrogens (tertiary/aromatic N) is 1. The van der Waals surface area contributed by atoms with Gasteiger partial charge in [-0.1, -0.05) is 0 Å². The summed E-state index contributed by atoms with van der Waals surface area (Å²) in [5.74, 6) is -0.661. The molecule has 0 saturated heterocycles. The fraction of sp³-hybridized carbons (Fsp3) is 0.231. The fourth-order valence-corrected chi connectivity index (χ4v) is 2.30. The number of carbonyl (C=O) groups excluding carboxylic acids is 1. The number of rotatable bonds is 5. The smallest absolute Gasteiger partial charge is 0.234 e. The Kier molecular flexibility index (Phi) is 4.24. The first kappa shape index (κ1) is 13.6. The molecule has 19 heavy (non-hydrogen) atoms. The van der Waals surface area contributed by atoms with Crippen LogP contribution >= 0.6 is 11.3 Å². The molecule has 100 valence electrons. The van der Waals surface area contributed by atoms with Crippen LogP contribution in [-0.2, 0) is 11.3 Å². The molecule has 1 heterocycles. The Labute approximate surface area is 114 Å². The van der Waals surface area contributed by atoms with Crippen LogP contribution in [0, 0.1) is 5.82 Å². The summed E-state index contributed by atoms with van der Waals surface area (Å²) in [4.78, 5) is 15.3. The van der Waals surface area contributed by atoms with E-state index >= 15 is 0 Å². The maximum Gasteiger partial charge on any atom is 0.234 e. The topological polar surface area (TPSA) is 68.0 Å². The van der Waals surface area contributed by atoms with E-state index in [4.69, 9.17) is 5.73 Å². The van der Waals surface area contributed by atoms with Gasteiger partial charge < -0.3 is 11.1 Å². The Morgan fingerprint density at radius 1 is 1.47 bits per heavy atom. The largest absolute Gasteiger partial charge is 0.368 e. The van der Waals surface area contributed by atoms with Crippen LogP contribution in [0.5, 0.6) is 0 Å². The lowest BCUT2D eigenvalue weighted by Gasteiger charge is -2.07. The Morgan fingerprint density at radius 3 is 2.79 bits per heavy atom. The van der Waals surface area contributed by atoms with Crippen molar-refractivity contribution in [2.24, 2.45) is 5.73 Å². The lowest BCUT2D eigenvalue weighted by atomic mass is 10.2. The number of carbonyl (C=O) groups is 1. The normalized spacial score (nSPS) is 12.3. The standard InChI is InChI=1S/C13H14FN3OS/c1-8(12(15)18)16-6-11-7-19-13(17-11)9-2-4-10(14)5-3-9/h2-5,7-8,16H,6H2,1H3,(H2,15,18). The van der Waals surface area contributed by atoms with Crippen molar-refractivity contribution < 1.29 is 9.18 Å². The summed E-state index contributed by atoms with van der Waals surface area (Å²) < 4.78 is 12.8. The number of primary amides is 1. The summed E-state index contributed by atoms with van der Waals surface area (Å²) in [6.07, 6.45) is 0. The number of benzene rings is 1. The highest BCUT2D eigenvalue weighted by molar-refractivity contribution is 7.13. The first-order chi connectivity index (χ1) is 9.06. The lowest BCUT2D eigenvalue weighted by Crippen LogP contribution is -2.38. The van der Waals surface area contributed by atoms with Crippen molar-refractivity contribution in [1.82, 2.24) is 10.3 Å². The first-order valence-corrected chi connectivity index (χ1v) is 6.67. The van der Waals surface area contributed by atoms with E-state index in [1.165, 1.54) is 23.5 Å². The molecule has 0 fully saturated rings. The molecule has 1 aromatic heterocycles. The first-order valence-electron chi connectivity index (χ1n) is 5.79. The van der Waals surface area contributed by atoms with Crippen molar-refractivity contribution in [3.05, 3.63) is 41.2 Å². The summed E-state index contributed by atoms with van der Waals surface area (Å²) in [6, 6.07) is 5.80. The Morgan fingerprint density at radius 2 is 2.16 bits per heavy atom. The van der Waals surface area contributed by atoms with Gasteiger partial charge in [0, 0.05) is 17.5 Å². The fourth-order valence-electron chi connectivity index (χ4n) is 1.47. The molecular weight excluding hydrogens is 265 g/mol. The highest BCUT2D eigenvalue weighted by Gasteiger charge is 2.09. The van der Waals surface area contributed by atoms with Crippen LogP contribution in [0.4, 0.5) is 4.39 Å². The summed E-state index contributed by atoms with van der Waals surface area (Å²) in [6.45, 7) is 2.18. The van der Waals surface area contributed by atoms with Crippen LogP contribution in [0.1, 0.15) is 12.6 Å². The van der Waals surface area contributed by atoms with Crippen molar-refractivity contribution >= 4 is 17.2 Å². The summed E-state index contributed by atoms with van der Waals surface area (Å²) in [7, 11) is 0. The molecule has 0 aliphatic carbocycles. The van der Waals surface area contributed by atoms with Gasteiger partial charge in [-0.2, -0.15) is 0 Å². The van der Waals surface area contributed by atoms with Crippen LogP contribution in [0.2, 0.25) is 0 Å². The van der Waals surface area contributed by atoms with E-state index < -0.39 is 11.9 Å². The van der Waals surface area contributed by atoms with Crippen molar-refractivity contribution in [2.75, 3.05) is 0 Å². The Bertz CT molecular complexity index is 568. The summed E-state index contributed by atoms with van der Waals surface area (Å²) in [5, 5.41) is 5.71. The average molecular weight is 279 g/mol. The molecule has 0 aliphatic heterocycles. The molecule has 3 N–H and O–H groups in total. The van der Waals surface area contributed by atoms with Crippen LogP contribution in [0.25, 0.3) is 10.6 Å². The van der Waals surface area contributed by atoms with Crippen molar-refractivity contribution in [3.8, 4) is 10.6 Å². The zero-order chi connectivity index (χ0) is 13.8. The minimum atomic E-state index is -0.394. The van der Waals surface area contributed by atoms with Gasteiger partial charge in [0.25, 0.3) is 0 Å². The molecule has 1 unspecified atom stereocenters. The maximum absolute atomic E-state index is 12.8. The molecule has 1 atom stereocenters. The molecule has 0 bridgehead atoms. The van der Waals surface area contributed by atoms with Gasteiger partial charge in [-0.3, -0.25) is 4.79 Å². The van der Waals surface area contributed by atoms with Gasteiger partial charge in [-0.15, -0.1) is 11.3 Å². The van der Waals surface area contributed by atoms with E-state index in [-0.39, 0.29) is 5.82 Å².